The van der Waals surface area contributed by atoms with Crippen molar-refractivity contribution in [1.82, 2.24) is 5.43 Å². The third-order valence-corrected chi connectivity index (χ3v) is 5.43. The molecule has 0 spiro atoms. The zero-order valence-corrected chi connectivity index (χ0v) is 17.4. The smallest absolute Gasteiger partial charge is 0.271 e. The highest BCUT2D eigenvalue weighted by Crippen LogP contribution is 2.44. The third kappa shape index (κ3) is 4.42. The van der Waals surface area contributed by atoms with Gasteiger partial charge in [0.1, 0.15) is 11.6 Å². The molecule has 1 amide bonds. The second-order valence-corrected chi connectivity index (χ2v) is 8.25. The number of anilines is 1. The number of hydrogen-bond acceptors (Lipinski definition) is 4. The van der Waals surface area contributed by atoms with Crippen LogP contribution in [0.3, 0.4) is 0 Å². The molecule has 29 heavy (non-hydrogen) atoms. The fourth-order valence-electron chi connectivity index (χ4n) is 4.14. The van der Waals surface area contributed by atoms with Crippen molar-refractivity contribution < 1.29 is 14.3 Å². The summed E-state index contributed by atoms with van der Waals surface area (Å²) in [5.41, 5.74) is 5.00. The lowest BCUT2D eigenvalue weighted by atomic mass is 9.79. The van der Waals surface area contributed by atoms with Crippen LogP contribution in [0.2, 0.25) is 0 Å². The first-order valence-corrected chi connectivity index (χ1v) is 9.96. The fraction of sp³-hybridized carbons (Fsp3) is 0.391. The van der Waals surface area contributed by atoms with E-state index in [-0.39, 0.29) is 22.7 Å². The molecule has 154 valence electrons. The van der Waals surface area contributed by atoms with Gasteiger partial charge < -0.3 is 10.0 Å². The Morgan fingerprint density at radius 1 is 1.38 bits per heavy atom. The number of hydrazone groups is 1. The number of halogens is 1. The van der Waals surface area contributed by atoms with Gasteiger partial charge in [0, 0.05) is 28.9 Å². The third-order valence-electron chi connectivity index (χ3n) is 5.43. The van der Waals surface area contributed by atoms with Crippen molar-refractivity contribution in [2.75, 3.05) is 11.4 Å². The van der Waals surface area contributed by atoms with Crippen molar-refractivity contribution in [1.29, 1.82) is 0 Å². The van der Waals surface area contributed by atoms with E-state index in [1.165, 1.54) is 18.3 Å². The molecule has 6 heteroatoms. The van der Waals surface area contributed by atoms with E-state index in [1.807, 2.05) is 6.07 Å². The average molecular weight is 397 g/mol. The van der Waals surface area contributed by atoms with E-state index in [9.17, 15) is 14.3 Å². The van der Waals surface area contributed by atoms with Crippen LogP contribution in [-0.2, 0) is 0 Å². The van der Waals surface area contributed by atoms with Gasteiger partial charge in [-0.15, -0.1) is 0 Å². The minimum Gasteiger partial charge on any atom is -0.508 e. The van der Waals surface area contributed by atoms with Crippen LogP contribution in [0, 0.1) is 5.82 Å². The number of carbonyl (C=O) groups excluding carboxylic acids is 1. The minimum atomic E-state index is -0.472. The van der Waals surface area contributed by atoms with Gasteiger partial charge in [-0.25, -0.2) is 9.82 Å². The zero-order chi connectivity index (χ0) is 21.2. The highest BCUT2D eigenvalue weighted by atomic mass is 19.1. The van der Waals surface area contributed by atoms with Gasteiger partial charge in [-0.2, -0.15) is 5.10 Å². The molecule has 0 aromatic heterocycles. The zero-order valence-electron chi connectivity index (χ0n) is 17.4. The molecule has 0 aliphatic carbocycles. The first-order valence-electron chi connectivity index (χ1n) is 9.96. The molecule has 0 bridgehead atoms. The summed E-state index contributed by atoms with van der Waals surface area (Å²) in [5, 5.41) is 13.4. The van der Waals surface area contributed by atoms with Crippen LogP contribution < -0.4 is 10.3 Å². The Labute approximate surface area is 171 Å². The first kappa shape index (κ1) is 20.8. The van der Waals surface area contributed by atoms with E-state index in [0.29, 0.717) is 11.5 Å². The van der Waals surface area contributed by atoms with Crippen LogP contribution in [0.1, 0.15) is 67.9 Å². The lowest BCUT2D eigenvalue weighted by Crippen LogP contribution is -2.48. The monoisotopic (exact) mass is 397 g/mol. The summed E-state index contributed by atoms with van der Waals surface area (Å²) in [7, 11) is 0. The molecule has 2 N–H and O–H groups in total. The Bertz CT molecular complexity index is 940. The quantitative estimate of drug-likeness (QED) is 0.563. The Morgan fingerprint density at radius 3 is 2.83 bits per heavy atom. The Morgan fingerprint density at radius 2 is 2.14 bits per heavy atom. The van der Waals surface area contributed by atoms with Crippen LogP contribution in [0.4, 0.5) is 10.1 Å². The van der Waals surface area contributed by atoms with E-state index in [4.69, 9.17) is 0 Å². The number of phenolic OH excluding ortho intramolecular Hbond substituents is 1. The van der Waals surface area contributed by atoms with Crippen LogP contribution in [0.25, 0.3) is 0 Å². The number of aromatic hydroxyl groups is 1. The number of fused-ring (bicyclic) bond motifs is 1. The number of hydrogen-bond donors (Lipinski definition) is 2. The van der Waals surface area contributed by atoms with E-state index < -0.39 is 5.91 Å². The summed E-state index contributed by atoms with van der Waals surface area (Å²) in [4.78, 5) is 14.4. The van der Waals surface area contributed by atoms with Gasteiger partial charge >= 0.3 is 0 Å². The molecule has 1 heterocycles. The molecule has 1 unspecified atom stereocenters. The predicted molar refractivity (Wildman–Crippen MR) is 114 cm³/mol. The van der Waals surface area contributed by atoms with Gasteiger partial charge in [-0.05, 0) is 68.5 Å². The molecule has 2 aromatic rings. The van der Waals surface area contributed by atoms with Gasteiger partial charge in [0.05, 0.1) is 6.21 Å². The summed E-state index contributed by atoms with van der Waals surface area (Å²) in [5.74, 6) is -0.552. The topological polar surface area (TPSA) is 64.9 Å². The number of phenols is 1. The summed E-state index contributed by atoms with van der Waals surface area (Å²) in [6, 6.07) is 9.37. The van der Waals surface area contributed by atoms with Gasteiger partial charge in [0.2, 0.25) is 0 Å². The minimum absolute atomic E-state index is 0.00379. The summed E-state index contributed by atoms with van der Waals surface area (Å²) >= 11 is 0. The van der Waals surface area contributed by atoms with Gasteiger partial charge in [0.15, 0.2) is 0 Å². The lowest BCUT2D eigenvalue weighted by molar-refractivity contribution is 0.0954. The maximum atomic E-state index is 14.8. The van der Waals surface area contributed by atoms with Gasteiger partial charge in [-0.1, -0.05) is 19.9 Å². The van der Waals surface area contributed by atoms with Crippen LogP contribution in [0.5, 0.6) is 5.75 Å². The molecule has 1 aliphatic rings. The van der Waals surface area contributed by atoms with E-state index in [0.717, 1.165) is 30.6 Å². The van der Waals surface area contributed by atoms with E-state index >= 15 is 0 Å². The molecule has 1 aliphatic heterocycles. The first-order chi connectivity index (χ1) is 13.7. The van der Waals surface area contributed by atoms with Crippen LogP contribution in [-0.4, -0.2) is 29.3 Å². The number of carbonyl (C=O) groups is 1. The average Bonchev–Trinajstić information content (AvgIpc) is 2.65. The van der Waals surface area contributed by atoms with Crippen molar-refractivity contribution in [2.45, 2.75) is 52.0 Å². The van der Waals surface area contributed by atoms with Crippen molar-refractivity contribution in [3.8, 4) is 5.75 Å². The highest BCUT2D eigenvalue weighted by molar-refractivity contribution is 5.95. The molecule has 0 fully saturated rings. The second-order valence-electron chi connectivity index (χ2n) is 8.25. The van der Waals surface area contributed by atoms with Crippen molar-refractivity contribution in [3.05, 3.63) is 58.9 Å². The maximum Gasteiger partial charge on any atom is 0.271 e. The highest BCUT2D eigenvalue weighted by Gasteiger charge is 2.36. The second kappa shape index (κ2) is 8.23. The fourth-order valence-corrected chi connectivity index (χ4v) is 4.14. The molecule has 1 atom stereocenters. The molecule has 0 saturated carbocycles. The number of nitrogens with one attached hydrogen (secondary N) is 1. The molecule has 2 aromatic carbocycles. The van der Waals surface area contributed by atoms with E-state index in [2.05, 4.69) is 43.1 Å². The summed E-state index contributed by atoms with van der Waals surface area (Å²) in [6.07, 6.45) is 3.30. The Kier molecular flexibility index (Phi) is 5.91. The van der Waals surface area contributed by atoms with Crippen LogP contribution in [0.15, 0.2) is 41.5 Å². The molecular weight excluding hydrogens is 369 g/mol. The van der Waals surface area contributed by atoms with Gasteiger partial charge in [-0.3, -0.25) is 4.79 Å². The van der Waals surface area contributed by atoms with Crippen molar-refractivity contribution in [3.63, 3.8) is 0 Å². The van der Waals surface area contributed by atoms with Gasteiger partial charge in [0.25, 0.3) is 5.91 Å². The molecule has 3 rings (SSSR count). The molecule has 5 nitrogen and oxygen atoms in total. The number of nitrogens with zero attached hydrogens (tertiary/aromatic N) is 2. The maximum absolute atomic E-state index is 14.8. The normalized spacial score (nSPS) is 18.0. The SMILES string of the molecule is CCCN1c2cc(F)c(/C=N/NC(=O)c3cccc(O)c3)cc2C(C)CC1(C)C. The molecule has 0 saturated heterocycles. The Balaban J connectivity index is 1.84. The van der Waals surface area contributed by atoms with Crippen molar-refractivity contribution >= 4 is 17.8 Å². The lowest BCUT2D eigenvalue weighted by Gasteiger charge is -2.47. The van der Waals surface area contributed by atoms with E-state index in [1.54, 1.807) is 18.2 Å². The number of rotatable bonds is 5. The molecule has 0 radical (unpaired) electrons. The number of amides is 1. The summed E-state index contributed by atoms with van der Waals surface area (Å²) in [6.45, 7) is 9.56. The van der Waals surface area contributed by atoms with Crippen LogP contribution >= 0.6 is 0 Å². The molecular formula is C23H28FN3O2. The summed E-state index contributed by atoms with van der Waals surface area (Å²) < 4.78 is 14.8. The van der Waals surface area contributed by atoms with Crippen molar-refractivity contribution in [2.24, 2.45) is 5.10 Å². The number of benzene rings is 2. The largest absolute Gasteiger partial charge is 0.508 e. The standard InChI is InChI=1S/C23H28FN3O2/c1-5-9-27-21-12-20(24)17(11-19(21)15(2)13-23(27,3)4)14-25-26-22(29)16-7-6-8-18(28)10-16/h6-8,10-12,14-15,28H,5,9,13H2,1-4H3,(H,26,29)/b25-14+. The Hall–Kier alpha value is -2.89. The predicted octanol–water partition coefficient (Wildman–Crippen LogP) is 4.80.